The average molecular weight is 318 g/mol. The van der Waals surface area contributed by atoms with E-state index >= 15 is 0 Å². The van der Waals surface area contributed by atoms with Crippen LogP contribution < -0.4 is 20.1 Å². The molecule has 0 aliphatic carbocycles. The van der Waals surface area contributed by atoms with E-state index in [0.717, 1.165) is 17.5 Å². The number of benzene rings is 1. The molecule has 4 nitrogen and oxygen atoms in total. The average Bonchev–Trinajstić information content (AvgIpc) is 2.44. The third-order valence-electron chi connectivity index (χ3n) is 3.74. The molecule has 0 bridgehead atoms. The lowest BCUT2D eigenvalue weighted by Gasteiger charge is -2.28. The molecule has 0 spiro atoms. The zero-order valence-electron chi connectivity index (χ0n) is 12.9. The molecule has 1 atom stereocenters. The lowest BCUT2D eigenvalue weighted by atomic mass is 9.92. The van der Waals surface area contributed by atoms with Gasteiger partial charge in [0.15, 0.2) is 0 Å². The molecule has 1 heterocycles. The maximum atomic E-state index is 12.3. The molecule has 1 aliphatic rings. The van der Waals surface area contributed by atoms with E-state index in [2.05, 4.69) is 17.6 Å². The fraction of sp³-hybridized carbons (Fsp3) is 0.600. The van der Waals surface area contributed by atoms with Gasteiger partial charge in [0.2, 0.25) is 0 Å². The molecular formula is C15H21F3N2O2. The minimum Gasteiger partial charge on any atom is -0.496 e. The second-order valence-corrected chi connectivity index (χ2v) is 5.43. The summed E-state index contributed by atoms with van der Waals surface area (Å²) in [5, 5.41) is 5.76. The summed E-state index contributed by atoms with van der Waals surface area (Å²) in [6.07, 6.45) is -3.48. The third kappa shape index (κ3) is 3.84. The highest BCUT2D eigenvalue weighted by atomic mass is 19.4. The molecule has 0 saturated carbocycles. The van der Waals surface area contributed by atoms with Crippen molar-refractivity contribution in [2.75, 3.05) is 20.8 Å². The Kier molecular flexibility index (Phi) is 5.18. The second-order valence-electron chi connectivity index (χ2n) is 5.43. The SMILES string of the molecule is COc1cc(CNCC(F)(F)F)c(OC)c2c1CNC(C)C2. The van der Waals surface area contributed by atoms with Gasteiger partial charge in [-0.15, -0.1) is 0 Å². The maximum Gasteiger partial charge on any atom is 0.401 e. The minimum absolute atomic E-state index is 0.0775. The molecule has 0 fully saturated rings. The van der Waals surface area contributed by atoms with E-state index in [0.29, 0.717) is 23.6 Å². The number of alkyl halides is 3. The van der Waals surface area contributed by atoms with Crippen LogP contribution in [0.1, 0.15) is 23.6 Å². The first-order chi connectivity index (χ1) is 10.4. The van der Waals surface area contributed by atoms with Gasteiger partial charge in [-0.25, -0.2) is 0 Å². The smallest absolute Gasteiger partial charge is 0.401 e. The molecule has 0 radical (unpaired) electrons. The van der Waals surface area contributed by atoms with Crippen LogP contribution in [0, 0.1) is 0 Å². The summed E-state index contributed by atoms with van der Waals surface area (Å²) in [7, 11) is 3.11. The van der Waals surface area contributed by atoms with Crippen molar-refractivity contribution in [3.05, 3.63) is 22.8 Å². The molecular weight excluding hydrogens is 297 g/mol. The largest absolute Gasteiger partial charge is 0.496 e. The molecule has 1 aromatic carbocycles. The van der Waals surface area contributed by atoms with Crippen molar-refractivity contribution < 1.29 is 22.6 Å². The molecule has 124 valence electrons. The van der Waals surface area contributed by atoms with E-state index in [1.807, 2.05) is 0 Å². The minimum atomic E-state index is -4.23. The van der Waals surface area contributed by atoms with Gasteiger partial charge in [0.05, 0.1) is 20.8 Å². The summed E-state index contributed by atoms with van der Waals surface area (Å²) in [5.74, 6) is 1.33. The summed E-state index contributed by atoms with van der Waals surface area (Å²) in [4.78, 5) is 0. The van der Waals surface area contributed by atoms with Gasteiger partial charge < -0.3 is 20.1 Å². The number of rotatable bonds is 5. The van der Waals surface area contributed by atoms with Gasteiger partial charge in [-0.2, -0.15) is 13.2 Å². The van der Waals surface area contributed by atoms with Crippen LogP contribution in [0.15, 0.2) is 6.07 Å². The van der Waals surface area contributed by atoms with Gasteiger partial charge in [-0.1, -0.05) is 0 Å². The van der Waals surface area contributed by atoms with Gasteiger partial charge >= 0.3 is 6.18 Å². The van der Waals surface area contributed by atoms with Crippen LogP contribution in [0.5, 0.6) is 11.5 Å². The molecule has 0 saturated heterocycles. The Morgan fingerprint density at radius 2 is 2.00 bits per heavy atom. The van der Waals surface area contributed by atoms with Crippen molar-refractivity contribution in [1.82, 2.24) is 10.6 Å². The fourth-order valence-corrected chi connectivity index (χ4v) is 2.76. The van der Waals surface area contributed by atoms with Crippen LogP contribution in [0.25, 0.3) is 0 Å². The number of fused-ring (bicyclic) bond motifs is 1. The normalized spacial score (nSPS) is 18.0. The predicted molar refractivity (Wildman–Crippen MR) is 77.3 cm³/mol. The number of hydrogen-bond donors (Lipinski definition) is 2. The summed E-state index contributed by atoms with van der Waals surface area (Å²) in [6.45, 7) is 1.76. The number of hydrogen-bond acceptors (Lipinski definition) is 4. The monoisotopic (exact) mass is 318 g/mol. The molecule has 22 heavy (non-hydrogen) atoms. The quantitative estimate of drug-likeness (QED) is 0.875. The van der Waals surface area contributed by atoms with Gasteiger partial charge in [0, 0.05) is 35.8 Å². The highest BCUT2D eigenvalue weighted by Gasteiger charge is 2.28. The fourth-order valence-electron chi connectivity index (χ4n) is 2.76. The van der Waals surface area contributed by atoms with Crippen molar-refractivity contribution in [3.63, 3.8) is 0 Å². The third-order valence-corrected chi connectivity index (χ3v) is 3.74. The summed E-state index contributed by atoms with van der Waals surface area (Å²) < 4.78 is 47.7. The van der Waals surface area contributed by atoms with Gasteiger partial charge in [-0.05, 0) is 19.4 Å². The zero-order valence-corrected chi connectivity index (χ0v) is 12.9. The second kappa shape index (κ2) is 6.75. The molecule has 0 aromatic heterocycles. The van der Waals surface area contributed by atoms with Crippen molar-refractivity contribution in [3.8, 4) is 11.5 Å². The highest BCUT2D eigenvalue weighted by molar-refractivity contribution is 5.55. The van der Waals surface area contributed by atoms with Crippen molar-refractivity contribution in [2.45, 2.75) is 38.7 Å². The summed E-state index contributed by atoms with van der Waals surface area (Å²) in [6, 6.07) is 2.03. The molecule has 1 aliphatic heterocycles. The molecule has 7 heteroatoms. The molecule has 1 unspecified atom stereocenters. The number of nitrogens with one attached hydrogen (secondary N) is 2. The number of ether oxygens (including phenoxy) is 2. The van der Waals surface area contributed by atoms with Gasteiger partial charge in [0.1, 0.15) is 11.5 Å². The van der Waals surface area contributed by atoms with Crippen LogP contribution in [0.4, 0.5) is 13.2 Å². The van der Waals surface area contributed by atoms with E-state index in [-0.39, 0.29) is 12.6 Å². The van der Waals surface area contributed by atoms with Crippen LogP contribution in [0.2, 0.25) is 0 Å². The van der Waals surface area contributed by atoms with Gasteiger partial charge in [-0.3, -0.25) is 0 Å². The van der Waals surface area contributed by atoms with E-state index in [1.165, 1.54) is 0 Å². The van der Waals surface area contributed by atoms with E-state index < -0.39 is 12.7 Å². The van der Waals surface area contributed by atoms with E-state index in [4.69, 9.17) is 9.47 Å². The van der Waals surface area contributed by atoms with Crippen molar-refractivity contribution >= 4 is 0 Å². The lowest BCUT2D eigenvalue weighted by Crippen LogP contribution is -2.34. The van der Waals surface area contributed by atoms with Gasteiger partial charge in [0.25, 0.3) is 0 Å². The Bertz CT molecular complexity index is 532. The summed E-state index contributed by atoms with van der Waals surface area (Å²) >= 11 is 0. The van der Waals surface area contributed by atoms with E-state index in [9.17, 15) is 13.2 Å². The first kappa shape index (κ1) is 16.9. The topological polar surface area (TPSA) is 42.5 Å². The standard InChI is InChI=1S/C15H21F3N2O2/c1-9-4-11-12(7-20-9)13(21-2)5-10(14(11)22-3)6-19-8-15(16,17)18/h5,9,19-20H,4,6-8H2,1-3H3. The Morgan fingerprint density at radius 1 is 1.27 bits per heavy atom. The van der Waals surface area contributed by atoms with Crippen molar-refractivity contribution in [1.29, 1.82) is 0 Å². The van der Waals surface area contributed by atoms with Crippen LogP contribution in [-0.4, -0.2) is 33.0 Å². The van der Waals surface area contributed by atoms with Crippen LogP contribution >= 0.6 is 0 Å². The maximum absolute atomic E-state index is 12.3. The first-order valence-electron chi connectivity index (χ1n) is 7.12. The highest BCUT2D eigenvalue weighted by Crippen LogP contribution is 2.37. The Labute approximate surface area is 128 Å². The van der Waals surface area contributed by atoms with Crippen LogP contribution in [0.3, 0.4) is 0 Å². The molecule has 2 rings (SSSR count). The lowest BCUT2D eigenvalue weighted by molar-refractivity contribution is -0.125. The van der Waals surface area contributed by atoms with E-state index in [1.54, 1.807) is 20.3 Å². The Balaban J connectivity index is 2.31. The summed E-state index contributed by atoms with van der Waals surface area (Å²) in [5.41, 5.74) is 2.70. The Morgan fingerprint density at radius 3 is 2.59 bits per heavy atom. The van der Waals surface area contributed by atoms with Crippen molar-refractivity contribution in [2.24, 2.45) is 0 Å². The number of halogens is 3. The first-order valence-corrected chi connectivity index (χ1v) is 7.12. The zero-order chi connectivity index (χ0) is 16.3. The number of methoxy groups -OCH3 is 2. The predicted octanol–water partition coefficient (Wildman–Crippen LogP) is 2.39. The molecule has 1 aromatic rings. The Hall–Kier alpha value is -1.47. The molecule has 2 N–H and O–H groups in total. The molecule has 0 amide bonds. The van der Waals surface area contributed by atoms with Crippen LogP contribution in [-0.2, 0) is 19.5 Å².